The maximum atomic E-state index is 13.2. The Hall–Kier alpha value is -2.83. The van der Waals surface area contributed by atoms with Crippen LogP contribution >= 0.6 is 0 Å². The lowest BCUT2D eigenvalue weighted by Crippen LogP contribution is -2.00. The van der Waals surface area contributed by atoms with Gasteiger partial charge in [0.25, 0.3) is 0 Å². The molecule has 0 bridgehead atoms. The molecule has 108 valence electrons. The third-order valence-corrected chi connectivity index (χ3v) is 2.66. The fourth-order valence-corrected chi connectivity index (χ4v) is 1.71. The second-order valence-electron chi connectivity index (χ2n) is 4.17. The minimum Gasteiger partial charge on any atom is -0.449 e. The minimum absolute atomic E-state index is 0.0856. The molecule has 0 heterocycles. The number of hydrogen-bond acceptors (Lipinski definition) is 4. The number of ketones is 1. The van der Waals surface area contributed by atoms with E-state index in [4.69, 9.17) is 4.74 Å². The summed E-state index contributed by atoms with van der Waals surface area (Å²) < 4.78 is 31.6. The lowest BCUT2D eigenvalue weighted by atomic mass is 10.1. The molecule has 0 N–H and O–H groups in total. The van der Waals surface area contributed by atoms with Crippen molar-refractivity contribution in [3.05, 3.63) is 63.7 Å². The van der Waals surface area contributed by atoms with Gasteiger partial charge in [-0.3, -0.25) is 14.9 Å². The Morgan fingerprint density at radius 2 is 1.71 bits per heavy atom. The van der Waals surface area contributed by atoms with Gasteiger partial charge in [-0.15, -0.1) is 0 Å². The van der Waals surface area contributed by atoms with E-state index in [1.807, 2.05) is 0 Å². The average Bonchev–Trinajstić information content (AvgIpc) is 2.40. The number of nitro benzene ring substituents is 1. The summed E-state index contributed by atoms with van der Waals surface area (Å²) >= 11 is 0. The summed E-state index contributed by atoms with van der Waals surface area (Å²) in [5, 5.41) is 10.9. The number of carbonyl (C=O) groups is 1. The maximum absolute atomic E-state index is 13.2. The molecule has 0 radical (unpaired) electrons. The first-order chi connectivity index (χ1) is 9.88. The molecule has 0 amide bonds. The van der Waals surface area contributed by atoms with Gasteiger partial charge in [-0.1, -0.05) is 0 Å². The summed E-state index contributed by atoms with van der Waals surface area (Å²) in [5.41, 5.74) is -0.552. The van der Waals surface area contributed by atoms with Crippen molar-refractivity contribution in [1.82, 2.24) is 0 Å². The maximum Gasteiger partial charge on any atom is 0.311 e. The van der Waals surface area contributed by atoms with Crippen LogP contribution in [0.3, 0.4) is 0 Å². The smallest absolute Gasteiger partial charge is 0.311 e. The Balaban J connectivity index is 2.50. The van der Waals surface area contributed by atoms with Crippen LogP contribution in [-0.2, 0) is 0 Å². The average molecular weight is 293 g/mol. The van der Waals surface area contributed by atoms with Crippen LogP contribution in [0.5, 0.6) is 11.5 Å². The highest BCUT2D eigenvalue weighted by Crippen LogP contribution is 2.33. The van der Waals surface area contributed by atoms with Gasteiger partial charge in [-0.2, -0.15) is 0 Å². The molecular formula is C14H9F2NO4. The molecule has 0 unspecified atom stereocenters. The molecule has 0 aromatic heterocycles. The largest absolute Gasteiger partial charge is 0.449 e. The van der Waals surface area contributed by atoms with E-state index in [2.05, 4.69) is 0 Å². The first-order valence-electron chi connectivity index (χ1n) is 5.81. The van der Waals surface area contributed by atoms with Gasteiger partial charge in [-0.05, 0) is 31.2 Å². The van der Waals surface area contributed by atoms with Crippen molar-refractivity contribution in [3.8, 4) is 11.5 Å². The molecule has 5 nitrogen and oxygen atoms in total. The predicted molar refractivity (Wildman–Crippen MR) is 69.5 cm³/mol. The number of halogens is 2. The monoisotopic (exact) mass is 293 g/mol. The molecule has 0 aliphatic heterocycles. The third-order valence-electron chi connectivity index (χ3n) is 2.66. The van der Waals surface area contributed by atoms with Crippen molar-refractivity contribution >= 4 is 11.5 Å². The van der Waals surface area contributed by atoms with Crippen LogP contribution in [0.15, 0.2) is 36.4 Å². The Morgan fingerprint density at radius 3 is 2.33 bits per heavy atom. The van der Waals surface area contributed by atoms with E-state index in [9.17, 15) is 23.7 Å². The van der Waals surface area contributed by atoms with Crippen LogP contribution in [0.2, 0.25) is 0 Å². The first-order valence-corrected chi connectivity index (χ1v) is 5.81. The molecule has 0 saturated heterocycles. The van der Waals surface area contributed by atoms with Gasteiger partial charge in [0.1, 0.15) is 17.4 Å². The van der Waals surface area contributed by atoms with E-state index in [1.54, 1.807) is 0 Å². The van der Waals surface area contributed by atoms with Crippen molar-refractivity contribution in [1.29, 1.82) is 0 Å². The summed E-state index contributed by atoms with van der Waals surface area (Å²) in [6.45, 7) is 1.20. The van der Waals surface area contributed by atoms with Gasteiger partial charge in [0.05, 0.1) is 10.5 Å². The van der Waals surface area contributed by atoms with Gasteiger partial charge < -0.3 is 4.74 Å². The number of hydrogen-bond donors (Lipinski definition) is 0. The van der Waals surface area contributed by atoms with Crippen LogP contribution in [0.1, 0.15) is 17.3 Å². The van der Waals surface area contributed by atoms with Gasteiger partial charge in [0, 0.05) is 12.1 Å². The van der Waals surface area contributed by atoms with Crippen LogP contribution in [0.4, 0.5) is 14.5 Å². The Morgan fingerprint density at radius 1 is 1.10 bits per heavy atom. The van der Waals surface area contributed by atoms with E-state index in [-0.39, 0.29) is 17.1 Å². The molecule has 7 heteroatoms. The number of nitro groups is 1. The number of nitrogens with zero attached hydrogens (tertiary/aromatic N) is 1. The fourth-order valence-electron chi connectivity index (χ4n) is 1.71. The summed E-state index contributed by atoms with van der Waals surface area (Å²) in [6, 6.07) is 5.82. The molecular weight excluding hydrogens is 284 g/mol. The number of rotatable bonds is 4. The third kappa shape index (κ3) is 3.19. The standard InChI is InChI=1S/C14H9F2NO4/c1-8(18)11-6-9(15)3-5-13(11)21-14-7-10(16)2-4-12(14)17(19)20/h2-7H,1H3. The van der Waals surface area contributed by atoms with E-state index in [1.165, 1.54) is 6.92 Å². The second-order valence-corrected chi connectivity index (χ2v) is 4.17. The Labute approximate surface area is 117 Å². The normalized spacial score (nSPS) is 10.2. The fraction of sp³-hybridized carbons (Fsp3) is 0.0714. The molecule has 21 heavy (non-hydrogen) atoms. The minimum atomic E-state index is -0.744. The highest BCUT2D eigenvalue weighted by Gasteiger charge is 2.19. The van der Waals surface area contributed by atoms with Gasteiger partial charge in [0.15, 0.2) is 5.78 Å². The SMILES string of the molecule is CC(=O)c1cc(F)ccc1Oc1cc(F)ccc1[N+](=O)[O-]. The van der Waals surface area contributed by atoms with Crippen molar-refractivity contribution in [3.63, 3.8) is 0 Å². The van der Waals surface area contributed by atoms with Crippen LogP contribution < -0.4 is 4.74 Å². The highest BCUT2D eigenvalue weighted by atomic mass is 19.1. The molecule has 0 aliphatic rings. The first kappa shape index (κ1) is 14.6. The molecule has 2 aromatic rings. The molecule has 2 rings (SSSR count). The Kier molecular flexibility index (Phi) is 3.93. The zero-order valence-electron chi connectivity index (χ0n) is 10.8. The lowest BCUT2D eigenvalue weighted by Gasteiger charge is -2.09. The number of carbonyl (C=O) groups excluding carboxylic acids is 1. The summed E-state index contributed by atoms with van der Waals surface area (Å²) in [5.74, 6) is -2.32. The second kappa shape index (κ2) is 5.66. The zero-order chi connectivity index (χ0) is 15.6. The van der Waals surface area contributed by atoms with E-state index in [0.717, 1.165) is 36.4 Å². The van der Waals surface area contributed by atoms with Gasteiger partial charge in [-0.25, -0.2) is 8.78 Å². The van der Waals surface area contributed by atoms with Gasteiger partial charge in [0.2, 0.25) is 5.75 Å². The summed E-state index contributed by atoms with van der Waals surface area (Å²) in [4.78, 5) is 21.6. The van der Waals surface area contributed by atoms with E-state index < -0.39 is 28.0 Å². The molecule has 0 aliphatic carbocycles. The predicted octanol–water partition coefficient (Wildman–Crippen LogP) is 3.87. The van der Waals surface area contributed by atoms with Crippen molar-refractivity contribution in [2.45, 2.75) is 6.92 Å². The van der Waals surface area contributed by atoms with Crippen LogP contribution in [0, 0.1) is 21.7 Å². The number of benzene rings is 2. The molecule has 0 atom stereocenters. The van der Waals surface area contributed by atoms with E-state index >= 15 is 0 Å². The van der Waals surface area contributed by atoms with Crippen molar-refractivity contribution < 1.29 is 23.2 Å². The molecule has 2 aromatic carbocycles. The summed E-state index contributed by atoms with van der Waals surface area (Å²) in [6.07, 6.45) is 0. The zero-order valence-corrected chi connectivity index (χ0v) is 10.8. The Bertz CT molecular complexity index is 731. The molecule has 0 spiro atoms. The van der Waals surface area contributed by atoms with Gasteiger partial charge >= 0.3 is 5.69 Å². The van der Waals surface area contributed by atoms with Crippen molar-refractivity contribution in [2.24, 2.45) is 0 Å². The lowest BCUT2D eigenvalue weighted by molar-refractivity contribution is -0.385. The number of Topliss-reactive ketones (excluding diaryl/α,β-unsaturated/α-hetero) is 1. The topological polar surface area (TPSA) is 69.4 Å². The highest BCUT2D eigenvalue weighted by molar-refractivity contribution is 5.96. The quantitative estimate of drug-likeness (QED) is 0.487. The van der Waals surface area contributed by atoms with Crippen molar-refractivity contribution in [2.75, 3.05) is 0 Å². The van der Waals surface area contributed by atoms with Crippen LogP contribution in [0.25, 0.3) is 0 Å². The van der Waals surface area contributed by atoms with Crippen LogP contribution in [-0.4, -0.2) is 10.7 Å². The molecule has 0 saturated carbocycles. The van der Waals surface area contributed by atoms with E-state index in [0.29, 0.717) is 0 Å². The summed E-state index contributed by atoms with van der Waals surface area (Å²) in [7, 11) is 0. The number of ether oxygens (including phenoxy) is 1. The molecule has 0 fully saturated rings.